The van der Waals surface area contributed by atoms with Crippen LogP contribution in [0.3, 0.4) is 0 Å². The first kappa shape index (κ1) is 20.3. The number of aromatic nitrogens is 1. The molecule has 0 amide bonds. The largest absolute Gasteiger partial charge is 0.300 e. The molecule has 1 aromatic heterocycles. The molecule has 2 N–H and O–H groups in total. The topological polar surface area (TPSA) is 29.9 Å². The first-order chi connectivity index (χ1) is 16.0. The van der Waals surface area contributed by atoms with Crippen LogP contribution >= 0.6 is 0 Å². The summed E-state index contributed by atoms with van der Waals surface area (Å²) in [6.45, 7) is 9.33. The van der Waals surface area contributed by atoms with Gasteiger partial charge in [-0.2, -0.15) is 0 Å². The molecule has 4 aromatic rings. The van der Waals surface area contributed by atoms with Crippen LogP contribution in [0.25, 0.3) is 11.1 Å². The van der Waals surface area contributed by atoms with Gasteiger partial charge in [0.1, 0.15) is 0 Å². The molecule has 0 saturated heterocycles. The molecule has 0 radical (unpaired) electrons. The van der Waals surface area contributed by atoms with E-state index in [1.807, 2.05) is 4.68 Å². The minimum Gasteiger partial charge on any atom is -0.206 e. The predicted octanol–water partition coefficient (Wildman–Crippen LogP) is 4.51. The second-order valence-electron chi connectivity index (χ2n) is 10.2. The van der Waals surface area contributed by atoms with Crippen LogP contribution in [-0.4, -0.2) is 6.71 Å². The number of pyridine rings is 1. The van der Waals surface area contributed by atoms with E-state index in [-0.39, 0.29) is 12.1 Å². The Morgan fingerprint density at radius 3 is 1.79 bits per heavy atom. The highest BCUT2D eigenvalue weighted by Gasteiger charge is 2.56. The maximum atomic E-state index is 7.00. The van der Waals surface area contributed by atoms with E-state index in [2.05, 4.69) is 113 Å². The van der Waals surface area contributed by atoms with Crippen LogP contribution < -0.4 is 21.6 Å². The summed E-state index contributed by atoms with van der Waals surface area (Å²) < 4.78 is 2.02. The van der Waals surface area contributed by atoms with Crippen molar-refractivity contribution < 1.29 is 4.68 Å². The second-order valence-corrected chi connectivity index (χ2v) is 10.2. The summed E-state index contributed by atoms with van der Waals surface area (Å²) >= 11 is 0. The van der Waals surface area contributed by atoms with E-state index < -0.39 is 0 Å². The fraction of sp³-hybridized carbons (Fsp3) is 0.233. The van der Waals surface area contributed by atoms with E-state index in [4.69, 9.17) is 5.84 Å². The third-order valence-electron chi connectivity index (χ3n) is 7.84. The first-order valence-corrected chi connectivity index (χ1v) is 12.1. The zero-order valence-corrected chi connectivity index (χ0v) is 19.8. The number of fused-ring (bicyclic) bond motifs is 9. The minimum absolute atomic E-state index is 0.241. The number of nitrogens with zero attached hydrogens (tertiary/aromatic N) is 1. The van der Waals surface area contributed by atoms with Crippen LogP contribution in [0.4, 0.5) is 0 Å². The van der Waals surface area contributed by atoms with Gasteiger partial charge in [0.2, 0.25) is 5.69 Å². The minimum atomic E-state index is -0.360. The predicted molar refractivity (Wildman–Crippen MR) is 138 cm³/mol. The van der Waals surface area contributed by atoms with E-state index in [1.54, 1.807) is 0 Å². The molecule has 33 heavy (non-hydrogen) atoms. The van der Waals surface area contributed by atoms with Crippen molar-refractivity contribution in [3.05, 3.63) is 113 Å². The van der Waals surface area contributed by atoms with Crippen LogP contribution in [0.15, 0.2) is 84.9 Å². The van der Waals surface area contributed by atoms with Crippen LogP contribution in [-0.2, 0) is 5.41 Å². The smallest absolute Gasteiger partial charge is 0.206 e. The molecule has 6 rings (SSSR count). The van der Waals surface area contributed by atoms with E-state index in [9.17, 15) is 0 Å². The average molecular weight is 429 g/mol. The van der Waals surface area contributed by atoms with Gasteiger partial charge in [-0.15, -0.1) is 0 Å². The zero-order chi connectivity index (χ0) is 22.9. The van der Waals surface area contributed by atoms with Crippen LogP contribution in [0.1, 0.15) is 61.6 Å². The molecule has 1 aliphatic heterocycles. The van der Waals surface area contributed by atoms with Gasteiger partial charge in [-0.25, -0.2) is 5.84 Å². The fourth-order valence-corrected chi connectivity index (χ4v) is 6.60. The number of nitrogens with two attached hydrogens (primary N) is 1. The van der Waals surface area contributed by atoms with E-state index >= 15 is 0 Å². The monoisotopic (exact) mass is 429 g/mol. The Kier molecular flexibility index (Phi) is 4.36. The molecule has 1 spiro atoms. The lowest BCUT2D eigenvalue weighted by Crippen LogP contribution is -2.73. The van der Waals surface area contributed by atoms with Gasteiger partial charge in [0.25, 0.3) is 0 Å². The van der Waals surface area contributed by atoms with Crippen LogP contribution in [0.5, 0.6) is 0 Å². The molecule has 2 nitrogen and oxygen atoms in total. The summed E-state index contributed by atoms with van der Waals surface area (Å²) in [5.74, 6) is 7.77. The van der Waals surface area contributed by atoms with Gasteiger partial charge >= 0.3 is 6.71 Å². The van der Waals surface area contributed by atoms with Gasteiger partial charge in [-0.1, -0.05) is 116 Å². The third kappa shape index (κ3) is 2.48. The van der Waals surface area contributed by atoms with E-state index in [0.29, 0.717) is 11.7 Å². The molecule has 0 fully saturated rings. The number of rotatable bonds is 2. The zero-order valence-electron chi connectivity index (χ0n) is 19.8. The SMILES string of the molecule is CC(C)B1c2ccccc2C2(c3ccccc3-c3ccccc32)c2ccc(C(C)C)[n+](N)c21. The molecule has 0 atom stereocenters. The summed E-state index contributed by atoms with van der Waals surface area (Å²) in [4.78, 5) is 0. The second kappa shape index (κ2) is 7.09. The van der Waals surface area contributed by atoms with E-state index in [0.717, 1.165) is 0 Å². The normalized spacial score (nSPS) is 14.9. The lowest BCUT2D eigenvalue weighted by Gasteiger charge is -2.41. The van der Waals surface area contributed by atoms with Gasteiger partial charge in [-0.3, -0.25) is 0 Å². The van der Waals surface area contributed by atoms with Crippen molar-refractivity contribution in [2.75, 3.05) is 5.84 Å². The standard InChI is InChI=1S/C30H30BN2/c1-19(2)28-18-17-26-29(33(28)32)31(20(3)4)27-16-10-9-15-25(27)30(26)23-13-7-5-11-21(23)22-12-6-8-14-24(22)30/h5-20H,32H2,1-4H3/q+1. The molecular formula is C30H30BN2+. The molecule has 2 aliphatic rings. The summed E-state index contributed by atoms with van der Waals surface area (Å²) in [7, 11) is 0. The maximum absolute atomic E-state index is 7.00. The Morgan fingerprint density at radius 2 is 1.21 bits per heavy atom. The third-order valence-corrected chi connectivity index (χ3v) is 7.84. The maximum Gasteiger partial charge on any atom is 0.300 e. The highest BCUT2D eigenvalue weighted by Crippen LogP contribution is 2.56. The van der Waals surface area contributed by atoms with E-state index in [1.165, 1.54) is 50.1 Å². The molecule has 3 aromatic carbocycles. The number of hydrogen-bond acceptors (Lipinski definition) is 1. The highest BCUT2D eigenvalue weighted by molar-refractivity contribution is 6.86. The highest BCUT2D eigenvalue weighted by atomic mass is 15.3. The number of benzene rings is 3. The molecule has 1 aliphatic carbocycles. The summed E-state index contributed by atoms with van der Waals surface area (Å²) in [6.07, 6.45) is 0. The fourth-order valence-electron chi connectivity index (χ4n) is 6.60. The molecule has 0 saturated carbocycles. The molecule has 2 heterocycles. The summed E-state index contributed by atoms with van der Waals surface area (Å²) in [5, 5.41) is 0. The Morgan fingerprint density at radius 1 is 0.667 bits per heavy atom. The van der Waals surface area contributed by atoms with Gasteiger partial charge in [0.15, 0.2) is 5.59 Å². The lowest BCUT2D eigenvalue weighted by molar-refractivity contribution is -0.631. The van der Waals surface area contributed by atoms with Crippen molar-refractivity contribution in [1.82, 2.24) is 0 Å². The molecule has 162 valence electrons. The summed E-state index contributed by atoms with van der Waals surface area (Å²) in [5.41, 5.74) is 11.6. The quantitative estimate of drug-likeness (QED) is 0.250. The Balaban J connectivity index is 1.85. The Labute approximate surface area is 197 Å². The van der Waals surface area contributed by atoms with Gasteiger partial charge in [-0.05, 0) is 33.9 Å². The molecule has 0 unspecified atom stereocenters. The van der Waals surface area contributed by atoms with Crippen molar-refractivity contribution >= 4 is 17.8 Å². The summed E-state index contributed by atoms with van der Waals surface area (Å²) in [6, 6.07) is 31.6. The number of hydrogen-bond donors (Lipinski definition) is 1. The van der Waals surface area contributed by atoms with Crippen LogP contribution in [0, 0.1) is 0 Å². The van der Waals surface area contributed by atoms with Crippen molar-refractivity contribution in [1.29, 1.82) is 0 Å². The van der Waals surface area contributed by atoms with Crippen molar-refractivity contribution in [3.63, 3.8) is 0 Å². The number of nitrogen functional groups attached to an aromatic ring is 1. The average Bonchev–Trinajstić information content (AvgIpc) is 3.11. The molecule has 0 bridgehead atoms. The van der Waals surface area contributed by atoms with Crippen molar-refractivity contribution in [2.24, 2.45) is 0 Å². The molecular weight excluding hydrogens is 399 g/mol. The lowest BCUT2D eigenvalue weighted by atomic mass is 9.30. The first-order valence-electron chi connectivity index (χ1n) is 12.1. The Hall–Kier alpha value is -3.33. The van der Waals surface area contributed by atoms with Crippen molar-refractivity contribution in [3.8, 4) is 11.1 Å². The van der Waals surface area contributed by atoms with Gasteiger partial charge in [0.05, 0.1) is 5.41 Å². The van der Waals surface area contributed by atoms with Gasteiger partial charge in [0, 0.05) is 17.5 Å². The molecule has 3 heteroatoms. The van der Waals surface area contributed by atoms with Gasteiger partial charge < -0.3 is 0 Å². The van der Waals surface area contributed by atoms with Crippen LogP contribution in [0.2, 0.25) is 5.82 Å². The van der Waals surface area contributed by atoms with Crippen molar-refractivity contribution in [2.45, 2.75) is 44.8 Å². The Bertz CT molecular complexity index is 1360.